The van der Waals surface area contributed by atoms with Crippen molar-refractivity contribution in [2.45, 2.75) is 44.1 Å². The summed E-state index contributed by atoms with van der Waals surface area (Å²) in [5.74, 6) is -1.18. The quantitative estimate of drug-likeness (QED) is 0.144. The van der Waals surface area contributed by atoms with E-state index in [1.165, 1.54) is 6.33 Å². The Balaban J connectivity index is 1.06. The van der Waals surface area contributed by atoms with E-state index in [4.69, 9.17) is 55.9 Å². The summed E-state index contributed by atoms with van der Waals surface area (Å²) in [5, 5.41) is 10.1. The molecule has 0 bridgehead atoms. The summed E-state index contributed by atoms with van der Waals surface area (Å²) in [5.41, 5.74) is 3.65. The number of carbonyl (C=O) groups is 1. The summed E-state index contributed by atoms with van der Waals surface area (Å²) in [6.45, 7) is 4.95. The Morgan fingerprint density at radius 3 is 2.31 bits per heavy atom. The number of halogens is 4. The van der Waals surface area contributed by atoms with Crippen LogP contribution in [0.25, 0.3) is 0 Å². The fraction of sp³-hybridized carbons (Fsp3) is 0.368. The Labute approximate surface area is 334 Å². The molecule has 284 valence electrons. The number of hydrogen-bond acceptors (Lipinski definition) is 8. The van der Waals surface area contributed by atoms with Crippen molar-refractivity contribution in [3.8, 4) is 0 Å². The van der Waals surface area contributed by atoms with Gasteiger partial charge in [0.1, 0.15) is 19.2 Å². The van der Waals surface area contributed by atoms with Gasteiger partial charge in [0.2, 0.25) is 5.79 Å². The number of piperazine rings is 1. The number of nitrogens with zero attached hydrogens (tertiary/aromatic N) is 8. The monoisotopic (exact) mass is 811 g/mol. The van der Waals surface area contributed by atoms with Crippen LogP contribution in [-0.4, -0.2) is 96.5 Å². The Kier molecular flexibility index (Phi) is 12.4. The number of imidazole rings is 1. The summed E-state index contributed by atoms with van der Waals surface area (Å²) in [6.07, 6.45) is 6.48. The fourth-order valence-corrected chi connectivity index (χ4v) is 8.01. The first kappa shape index (κ1) is 38.6. The molecular weight excluding hydrogens is 772 g/mol. The molecule has 3 aromatic carbocycles. The molecular formula is C38H41Cl4N9O3. The molecule has 0 aliphatic carbocycles. The van der Waals surface area contributed by atoms with E-state index in [9.17, 15) is 4.79 Å². The molecule has 2 amide bonds. The molecule has 1 unspecified atom stereocenters. The van der Waals surface area contributed by atoms with Gasteiger partial charge >= 0.3 is 6.03 Å². The Bertz CT molecular complexity index is 1980. The van der Waals surface area contributed by atoms with E-state index in [1.54, 1.807) is 23.1 Å². The molecule has 2 saturated heterocycles. The fourth-order valence-electron chi connectivity index (χ4n) is 7.03. The lowest BCUT2D eigenvalue weighted by atomic mass is 10.1. The van der Waals surface area contributed by atoms with Crippen molar-refractivity contribution >= 4 is 52.4 Å². The highest BCUT2D eigenvalue weighted by atomic mass is 35.5. The van der Waals surface area contributed by atoms with E-state index in [0.717, 1.165) is 16.8 Å². The standard InChI is InChI=1S/C38H41Cl4N9O3/c1-47-25-44-15-32(47)20-48-10-11-49(37(52)50(18-27-4-2-6-29(39)12-27)19-28-5-3-7-30(40)13-28)21-33(48)16-43-17-34-22-53-38(54-34,23-51-26-45-24-46-51)35-9-8-31(41)14-36(35)42/h2-9,12-15,24-26,33-34,43H,10-11,16-23H2,1H3/t33-,34?,38+/m0/s1. The molecule has 3 atom stereocenters. The topological polar surface area (TPSA) is 106 Å². The van der Waals surface area contributed by atoms with E-state index in [-0.39, 0.29) is 24.7 Å². The number of nitrogens with one attached hydrogen (secondary N) is 1. The summed E-state index contributed by atoms with van der Waals surface area (Å²) >= 11 is 25.6. The number of rotatable bonds is 13. The van der Waals surface area contributed by atoms with E-state index >= 15 is 0 Å². The predicted octanol–water partition coefficient (Wildman–Crippen LogP) is 6.49. The number of aryl methyl sites for hydroxylation is 1. The second-order valence-electron chi connectivity index (χ2n) is 13.6. The minimum Gasteiger partial charge on any atom is -0.342 e. The van der Waals surface area contributed by atoms with Gasteiger partial charge in [-0.1, -0.05) is 76.7 Å². The van der Waals surface area contributed by atoms with Crippen LogP contribution in [0.1, 0.15) is 22.4 Å². The van der Waals surface area contributed by atoms with Crippen LogP contribution in [0, 0.1) is 0 Å². The summed E-state index contributed by atoms with van der Waals surface area (Å²) in [7, 11) is 1.99. The van der Waals surface area contributed by atoms with E-state index < -0.39 is 5.79 Å². The third kappa shape index (κ3) is 9.38. The van der Waals surface area contributed by atoms with Gasteiger partial charge in [-0.2, -0.15) is 5.10 Å². The Hall–Kier alpha value is -3.72. The Morgan fingerprint density at radius 1 is 0.926 bits per heavy atom. The minimum atomic E-state index is -1.18. The number of urea groups is 1. The average molecular weight is 814 g/mol. The van der Waals surface area contributed by atoms with Gasteiger partial charge in [-0.25, -0.2) is 19.4 Å². The molecule has 1 N–H and O–H groups in total. The largest absolute Gasteiger partial charge is 0.342 e. The summed E-state index contributed by atoms with van der Waals surface area (Å²) in [6, 6.07) is 20.4. The molecule has 5 aromatic rings. The van der Waals surface area contributed by atoms with Crippen LogP contribution in [0.3, 0.4) is 0 Å². The second-order valence-corrected chi connectivity index (χ2v) is 15.4. The van der Waals surface area contributed by atoms with Gasteiger partial charge < -0.3 is 29.2 Å². The maximum atomic E-state index is 14.4. The number of hydrogen-bond donors (Lipinski definition) is 1. The average Bonchev–Trinajstić information content (AvgIpc) is 3.91. The van der Waals surface area contributed by atoms with Crippen LogP contribution >= 0.6 is 46.4 Å². The van der Waals surface area contributed by atoms with E-state index in [0.29, 0.717) is 84.6 Å². The van der Waals surface area contributed by atoms with Gasteiger partial charge in [-0.05, 0) is 47.5 Å². The van der Waals surface area contributed by atoms with Gasteiger partial charge in [0, 0.05) is 92.3 Å². The van der Waals surface area contributed by atoms with E-state index in [2.05, 4.69) is 25.3 Å². The van der Waals surface area contributed by atoms with Crippen molar-refractivity contribution < 1.29 is 14.3 Å². The molecule has 2 aliphatic rings. The highest BCUT2D eigenvalue weighted by Gasteiger charge is 2.45. The van der Waals surface area contributed by atoms with Crippen LogP contribution in [0.5, 0.6) is 0 Å². The van der Waals surface area contributed by atoms with Crippen LogP contribution < -0.4 is 5.32 Å². The van der Waals surface area contributed by atoms with Crippen molar-refractivity contribution in [3.05, 3.63) is 134 Å². The third-order valence-corrected chi connectivity index (χ3v) is 10.8. The van der Waals surface area contributed by atoms with Gasteiger partial charge in [-0.15, -0.1) is 0 Å². The normalized spacial score (nSPS) is 20.4. The molecule has 0 radical (unpaired) electrons. The van der Waals surface area contributed by atoms with Crippen LogP contribution in [0.2, 0.25) is 20.1 Å². The van der Waals surface area contributed by atoms with Crippen molar-refractivity contribution in [3.63, 3.8) is 0 Å². The molecule has 16 heteroatoms. The zero-order valence-corrected chi connectivity index (χ0v) is 32.7. The van der Waals surface area contributed by atoms with Gasteiger partial charge in [0.15, 0.2) is 0 Å². The predicted molar refractivity (Wildman–Crippen MR) is 208 cm³/mol. The summed E-state index contributed by atoms with van der Waals surface area (Å²) < 4.78 is 16.7. The van der Waals surface area contributed by atoms with Gasteiger partial charge in [-0.3, -0.25) is 4.90 Å². The highest BCUT2D eigenvalue weighted by molar-refractivity contribution is 6.35. The molecule has 0 spiro atoms. The maximum Gasteiger partial charge on any atom is 0.320 e. The van der Waals surface area contributed by atoms with Crippen LogP contribution in [0.15, 0.2) is 91.9 Å². The molecule has 0 saturated carbocycles. The molecule has 12 nitrogen and oxygen atoms in total. The first-order valence-corrected chi connectivity index (χ1v) is 19.2. The van der Waals surface area contributed by atoms with Crippen molar-refractivity contribution in [2.75, 3.05) is 39.3 Å². The highest BCUT2D eigenvalue weighted by Crippen LogP contribution is 2.40. The van der Waals surface area contributed by atoms with Gasteiger partial charge in [0.05, 0.1) is 29.8 Å². The van der Waals surface area contributed by atoms with Crippen LogP contribution in [0.4, 0.5) is 4.79 Å². The number of ether oxygens (including phenoxy) is 2. The number of benzene rings is 3. The lowest BCUT2D eigenvalue weighted by molar-refractivity contribution is -0.188. The zero-order valence-electron chi connectivity index (χ0n) is 29.7. The SMILES string of the molecule is Cn1cncc1CN1CCN(C(=O)N(Cc2cccc(Cl)c2)Cc2cccc(Cl)c2)C[C@@H]1CNCC1CO[C@@](Cn2cncn2)(c2ccc(Cl)cc2Cl)O1. The number of aromatic nitrogens is 5. The summed E-state index contributed by atoms with van der Waals surface area (Å²) in [4.78, 5) is 29.1. The van der Waals surface area contributed by atoms with Crippen molar-refractivity contribution in [1.82, 2.24) is 44.3 Å². The number of carbonyl (C=O) groups excluding carboxylic acids is 1. The molecule has 4 heterocycles. The minimum absolute atomic E-state index is 0.00951. The smallest absolute Gasteiger partial charge is 0.320 e. The molecule has 54 heavy (non-hydrogen) atoms. The molecule has 7 rings (SSSR count). The first-order chi connectivity index (χ1) is 26.1. The lowest BCUT2D eigenvalue weighted by Gasteiger charge is -2.43. The van der Waals surface area contributed by atoms with Gasteiger partial charge in [0.25, 0.3) is 0 Å². The zero-order chi connectivity index (χ0) is 37.7. The molecule has 2 aromatic heterocycles. The maximum absolute atomic E-state index is 14.4. The molecule has 2 aliphatic heterocycles. The lowest BCUT2D eigenvalue weighted by Crippen LogP contribution is -2.59. The first-order valence-electron chi connectivity index (χ1n) is 17.7. The second kappa shape index (κ2) is 17.4. The van der Waals surface area contributed by atoms with Crippen molar-refractivity contribution in [2.24, 2.45) is 7.05 Å². The van der Waals surface area contributed by atoms with Crippen LogP contribution in [-0.2, 0) is 48.5 Å². The molecule has 2 fully saturated rings. The third-order valence-electron chi connectivity index (χ3n) is 9.74. The number of amides is 2. The van der Waals surface area contributed by atoms with E-state index in [1.807, 2.05) is 88.5 Å². The van der Waals surface area contributed by atoms with Crippen molar-refractivity contribution in [1.29, 1.82) is 0 Å². The Morgan fingerprint density at radius 2 is 1.67 bits per heavy atom.